The molecule has 0 heterocycles. The van der Waals surface area contributed by atoms with E-state index >= 15 is 0 Å². The molecule has 0 aliphatic heterocycles. The molecule has 0 aliphatic carbocycles. The summed E-state index contributed by atoms with van der Waals surface area (Å²) < 4.78 is 2.06. The van der Waals surface area contributed by atoms with Crippen LogP contribution in [0.1, 0.15) is 0 Å². The molecule has 0 aromatic heterocycles. The number of hydrogen-bond donors (Lipinski definition) is 0. The average Bonchev–Trinajstić information content (AvgIpc) is 2.03. The first-order valence-corrected chi connectivity index (χ1v) is 7.44. The van der Waals surface area contributed by atoms with Crippen LogP contribution in [0.15, 0.2) is 0 Å². The Kier molecular flexibility index (Phi) is 7.88. The zero-order valence-corrected chi connectivity index (χ0v) is 13.7. The quantitative estimate of drug-likeness (QED) is 0.428. The van der Waals surface area contributed by atoms with Gasteiger partial charge in [0.2, 0.25) is 0 Å². The number of hydrogen-bond acceptors (Lipinski definition) is 4. The monoisotopic (exact) mass is 328 g/mol. The van der Waals surface area contributed by atoms with Gasteiger partial charge in [-0.05, 0) is 0 Å². The Morgan fingerprint density at radius 3 is 1.50 bits per heavy atom. The van der Waals surface area contributed by atoms with Crippen molar-refractivity contribution in [3.05, 3.63) is 0 Å². The maximum absolute atomic E-state index is 5.18. The van der Waals surface area contributed by atoms with Crippen molar-refractivity contribution in [2.75, 3.05) is 28.2 Å². The van der Waals surface area contributed by atoms with Crippen LogP contribution in [0.2, 0.25) is 0 Å². The van der Waals surface area contributed by atoms with Crippen LogP contribution >= 0.6 is 48.0 Å². The fourth-order valence-electron chi connectivity index (χ4n) is 0.407. The van der Waals surface area contributed by atoms with E-state index in [1.165, 1.54) is 0 Å². The molecule has 14 heavy (non-hydrogen) atoms. The average molecular weight is 328 g/mol. The molecule has 0 bridgehead atoms. The molecule has 80 valence electrons. The van der Waals surface area contributed by atoms with Gasteiger partial charge in [0.25, 0.3) is 0 Å². The van der Waals surface area contributed by atoms with Gasteiger partial charge in [0.15, 0.2) is 0 Å². The molecule has 0 rings (SSSR count). The third-order valence-electron chi connectivity index (χ3n) is 1.13. The SMILES string of the molecule is CN(C)C(=S)SC([As])SC(=S)N(C)C. The Morgan fingerprint density at radius 2 is 1.29 bits per heavy atom. The molecule has 0 fully saturated rings. The Balaban J connectivity index is 3.93. The summed E-state index contributed by atoms with van der Waals surface area (Å²) in [5.74, 6) is 0. The minimum atomic E-state index is 0.298. The van der Waals surface area contributed by atoms with Crippen molar-refractivity contribution in [1.82, 2.24) is 9.80 Å². The van der Waals surface area contributed by atoms with Crippen LogP contribution in [0.4, 0.5) is 0 Å². The molecule has 0 aliphatic rings. The number of thiocarbonyl (C=S) groups is 2. The van der Waals surface area contributed by atoms with Gasteiger partial charge in [0.05, 0.1) is 0 Å². The van der Waals surface area contributed by atoms with Crippen LogP contribution in [0.25, 0.3) is 0 Å². The molecule has 0 N–H and O–H groups in total. The van der Waals surface area contributed by atoms with Gasteiger partial charge >= 0.3 is 115 Å². The second kappa shape index (κ2) is 7.33. The van der Waals surface area contributed by atoms with E-state index in [1.807, 2.05) is 38.0 Å². The zero-order valence-electron chi connectivity index (χ0n) is 8.55. The first-order valence-electron chi connectivity index (χ1n) is 3.78. The van der Waals surface area contributed by atoms with Crippen molar-refractivity contribution in [1.29, 1.82) is 0 Å². The fraction of sp³-hybridized carbons (Fsp3) is 0.714. The number of nitrogens with zero attached hydrogens (tertiary/aromatic N) is 2. The normalized spacial score (nSPS) is 10.1. The molecule has 0 saturated heterocycles. The van der Waals surface area contributed by atoms with Crippen molar-refractivity contribution < 1.29 is 0 Å². The molecule has 0 unspecified atom stereocenters. The van der Waals surface area contributed by atoms with E-state index in [1.54, 1.807) is 23.5 Å². The molecule has 0 spiro atoms. The second-order valence-electron chi connectivity index (χ2n) is 2.86. The van der Waals surface area contributed by atoms with Crippen molar-refractivity contribution in [2.45, 2.75) is 3.37 Å². The molecule has 2 nitrogen and oxygen atoms in total. The Bertz CT molecular complexity index is 198. The van der Waals surface area contributed by atoms with Crippen LogP contribution < -0.4 is 0 Å². The number of rotatable bonds is 2. The first-order chi connectivity index (χ1) is 6.34. The maximum atomic E-state index is 5.18. The van der Waals surface area contributed by atoms with E-state index < -0.39 is 0 Å². The summed E-state index contributed by atoms with van der Waals surface area (Å²) in [6, 6.07) is 0. The van der Waals surface area contributed by atoms with Gasteiger partial charge < -0.3 is 0 Å². The van der Waals surface area contributed by atoms with Crippen molar-refractivity contribution in [3.8, 4) is 0 Å². The van der Waals surface area contributed by atoms with E-state index in [-0.39, 0.29) is 0 Å². The summed E-state index contributed by atoms with van der Waals surface area (Å²) in [7, 11) is 7.79. The fourth-order valence-corrected chi connectivity index (χ4v) is 5.04. The Morgan fingerprint density at radius 1 is 1.00 bits per heavy atom. The molecular formula is C7H13AsN2S4. The van der Waals surface area contributed by atoms with E-state index in [0.717, 1.165) is 8.64 Å². The van der Waals surface area contributed by atoms with Crippen LogP contribution in [0, 0.1) is 0 Å². The first kappa shape index (κ1) is 15.0. The molecule has 2 radical (unpaired) electrons. The summed E-state index contributed by atoms with van der Waals surface area (Å²) in [5, 5.41) is 0. The van der Waals surface area contributed by atoms with E-state index in [9.17, 15) is 0 Å². The summed E-state index contributed by atoms with van der Waals surface area (Å²) in [4.78, 5) is 3.86. The van der Waals surface area contributed by atoms with Crippen LogP contribution in [-0.2, 0) is 0 Å². The third-order valence-corrected chi connectivity index (χ3v) is 5.88. The van der Waals surface area contributed by atoms with Crippen LogP contribution in [0.3, 0.4) is 0 Å². The standard InChI is InChI=1S/C7H13AsN2S4/c1-9(2)6(11)13-5(8)14-7(12)10(3)4/h5H,1-4H3. The zero-order chi connectivity index (χ0) is 11.3. The van der Waals surface area contributed by atoms with Crippen molar-refractivity contribution in [3.63, 3.8) is 0 Å². The van der Waals surface area contributed by atoms with Gasteiger partial charge in [-0.15, -0.1) is 0 Å². The minimum absolute atomic E-state index is 0.298. The number of thioether (sulfide) groups is 2. The van der Waals surface area contributed by atoms with Gasteiger partial charge in [-0.3, -0.25) is 0 Å². The molecular weight excluding hydrogens is 315 g/mol. The van der Waals surface area contributed by atoms with E-state index in [2.05, 4.69) is 16.9 Å². The van der Waals surface area contributed by atoms with Crippen LogP contribution in [0.5, 0.6) is 0 Å². The predicted molar refractivity (Wildman–Crippen MR) is 77.3 cm³/mol. The van der Waals surface area contributed by atoms with E-state index in [4.69, 9.17) is 24.4 Å². The summed E-state index contributed by atoms with van der Waals surface area (Å²) in [5.41, 5.74) is 0. The predicted octanol–water partition coefficient (Wildman–Crippen LogP) is 1.60. The summed E-state index contributed by atoms with van der Waals surface area (Å²) in [6.45, 7) is 0. The van der Waals surface area contributed by atoms with Crippen molar-refractivity contribution in [2.24, 2.45) is 0 Å². The van der Waals surface area contributed by atoms with E-state index in [0.29, 0.717) is 3.37 Å². The molecule has 7 heteroatoms. The second-order valence-corrected chi connectivity index (χ2v) is 9.24. The van der Waals surface area contributed by atoms with Crippen molar-refractivity contribution >= 4 is 73.5 Å². The van der Waals surface area contributed by atoms with Gasteiger partial charge in [-0.1, -0.05) is 0 Å². The molecule has 0 aromatic carbocycles. The molecule has 0 atom stereocenters. The van der Waals surface area contributed by atoms with Gasteiger partial charge in [-0.25, -0.2) is 0 Å². The third kappa shape index (κ3) is 6.51. The Hall–Kier alpha value is 1.04. The topological polar surface area (TPSA) is 6.48 Å². The van der Waals surface area contributed by atoms with Gasteiger partial charge in [0, 0.05) is 0 Å². The molecule has 0 amide bonds. The summed E-state index contributed by atoms with van der Waals surface area (Å²) >= 11 is 16.2. The molecule has 0 aromatic rings. The Labute approximate surface area is 114 Å². The van der Waals surface area contributed by atoms with Gasteiger partial charge in [-0.2, -0.15) is 0 Å². The van der Waals surface area contributed by atoms with Gasteiger partial charge in [0.1, 0.15) is 0 Å². The molecule has 0 saturated carbocycles. The summed E-state index contributed by atoms with van der Waals surface area (Å²) in [6.07, 6.45) is 0. The van der Waals surface area contributed by atoms with Crippen LogP contribution in [-0.4, -0.2) is 66.9 Å².